The van der Waals surface area contributed by atoms with Gasteiger partial charge in [-0.05, 0) is 24.3 Å². The van der Waals surface area contributed by atoms with Crippen LogP contribution in [0.5, 0.6) is 0 Å². The van der Waals surface area contributed by atoms with Crippen molar-refractivity contribution < 1.29 is 8.81 Å². The van der Waals surface area contributed by atoms with Crippen molar-refractivity contribution in [1.29, 1.82) is 0 Å². The molecule has 0 saturated heterocycles. The van der Waals surface area contributed by atoms with Gasteiger partial charge in [-0.15, -0.1) is 0 Å². The maximum Gasteiger partial charge on any atom is 0.127 e. The third-order valence-corrected chi connectivity index (χ3v) is 2.69. The molecule has 0 aliphatic carbocycles. The summed E-state index contributed by atoms with van der Waals surface area (Å²) in [5.41, 5.74) is 7.38. The summed E-state index contributed by atoms with van der Waals surface area (Å²) in [5.74, 6) is 0.576. The van der Waals surface area contributed by atoms with E-state index in [2.05, 4.69) is 0 Å². The zero-order valence-electron chi connectivity index (χ0n) is 9.69. The maximum atomic E-state index is 13.1. The van der Waals surface area contributed by atoms with Crippen molar-refractivity contribution in [2.75, 3.05) is 11.9 Å². The fourth-order valence-electron chi connectivity index (χ4n) is 1.71. The summed E-state index contributed by atoms with van der Waals surface area (Å²) in [6.45, 7) is 1.02. The molecule has 17 heavy (non-hydrogen) atoms. The largest absolute Gasteiger partial charge is 0.467 e. The lowest BCUT2D eigenvalue weighted by Crippen LogP contribution is -2.17. The number of hydrogen-bond acceptors (Lipinski definition) is 3. The molecule has 0 spiro atoms. The topological polar surface area (TPSA) is 42.4 Å². The molecule has 0 atom stereocenters. The van der Waals surface area contributed by atoms with Gasteiger partial charge in [-0.2, -0.15) is 0 Å². The average molecular weight is 234 g/mol. The van der Waals surface area contributed by atoms with E-state index < -0.39 is 0 Å². The number of anilines is 1. The molecule has 2 rings (SSSR count). The van der Waals surface area contributed by atoms with Gasteiger partial charge in [0.05, 0.1) is 12.8 Å². The highest BCUT2D eigenvalue weighted by Crippen LogP contribution is 2.18. The highest BCUT2D eigenvalue weighted by atomic mass is 19.1. The van der Waals surface area contributed by atoms with Crippen molar-refractivity contribution in [2.45, 2.75) is 13.1 Å². The minimum atomic E-state index is -0.243. The van der Waals surface area contributed by atoms with Gasteiger partial charge in [0, 0.05) is 24.8 Å². The summed E-state index contributed by atoms with van der Waals surface area (Å²) >= 11 is 0. The van der Waals surface area contributed by atoms with Gasteiger partial charge in [-0.1, -0.05) is 6.07 Å². The summed E-state index contributed by atoms with van der Waals surface area (Å²) < 4.78 is 18.4. The smallest absolute Gasteiger partial charge is 0.127 e. The van der Waals surface area contributed by atoms with Gasteiger partial charge < -0.3 is 15.1 Å². The number of nitrogens with two attached hydrogens (primary N) is 1. The summed E-state index contributed by atoms with van der Waals surface area (Å²) in [6.07, 6.45) is 1.62. The Hall–Kier alpha value is -1.81. The van der Waals surface area contributed by atoms with E-state index in [1.165, 1.54) is 12.1 Å². The molecule has 0 fully saturated rings. The van der Waals surface area contributed by atoms with Gasteiger partial charge in [-0.25, -0.2) is 4.39 Å². The normalized spacial score (nSPS) is 10.5. The molecule has 0 saturated carbocycles. The Labute approximate surface area is 99.6 Å². The third-order valence-electron chi connectivity index (χ3n) is 2.69. The van der Waals surface area contributed by atoms with Gasteiger partial charge in [0.15, 0.2) is 0 Å². The van der Waals surface area contributed by atoms with Crippen molar-refractivity contribution in [3.05, 3.63) is 53.7 Å². The Morgan fingerprint density at radius 3 is 2.88 bits per heavy atom. The van der Waals surface area contributed by atoms with Crippen molar-refractivity contribution in [3.63, 3.8) is 0 Å². The first-order chi connectivity index (χ1) is 8.20. The Morgan fingerprint density at radius 2 is 2.18 bits per heavy atom. The predicted molar refractivity (Wildman–Crippen MR) is 65.1 cm³/mol. The zero-order chi connectivity index (χ0) is 12.3. The number of hydrogen-bond donors (Lipinski definition) is 1. The second-order valence-corrected chi connectivity index (χ2v) is 3.91. The molecule has 0 amide bonds. The van der Waals surface area contributed by atoms with Crippen LogP contribution in [0.4, 0.5) is 10.1 Å². The molecule has 0 radical (unpaired) electrons. The van der Waals surface area contributed by atoms with Gasteiger partial charge in [0.1, 0.15) is 11.6 Å². The summed E-state index contributed by atoms with van der Waals surface area (Å²) in [6, 6.07) is 8.32. The fourth-order valence-corrected chi connectivity index (χ4v) is 1.71. The van der Waals surface area contributed by atoms with E-state index in [1.807, 2.05) is 24.1 Å². The molecule has 2 aromatic rings. The van der Waals surface area contributed by atoms with E-state index >= 15 is 0 Å². The minimum Gasteiger partial charge on any atom is -0.467 e. The van der Waals surface area contributed by atoms with Crippen molar-refractivity contribution >= 4 is 5.69 Å². The molecule has 0 aliphatic rings. The van der Waals surface area contributed by atoms with Crippen LogP contribution in [0.1, 0.15) is 11.3 Å². The van der Waals surface area contributed by atoms with Crippen LogP contribution in [-0.2, 0) is 13.1 Å². The van der Waals surface area contributed by atoms with Crippen LogP contribution in [-0.4, -0.2) is 7.05 Å². The van der Waals surface area contributed by atoms with Gasteiger partial charge in [-0.3, -0.25) is 0 Å². The molecule has 1 aromatic carbocycles. The summed E-state index contributed by atoms with van der Waals surface area (Å²) in [5, 5.41) is 0. The Morgan fingerprint density at radius 1 is 1.35 bits per heavy atom. The predicted octanol–water partition coefficient (Wildman–Crippen LogP) is 2.51. The fraction of sp³-hybridized carbons (Fsp3) is 0.231. The molecule has 0 aliphatic heterocycles. The zero-order valence-corrected chi connectivity index (χ0v) is 9.69. The van der Waals surface area contributed by atoms with Gasteiger partial charge >= 0.3 is 0 Å². The molecule has 1 heterocycles. The van der Waals surface area contributed by atoms with Crippen molar-refractivity contribution in [2.24, 2.45) is 5.73 Å². The molecule has 90 valence electrons. The standard InChI is InChI=1S/C13H15FN2O/c1-16(12-4-2-3-11(14)7-12)9-13-10(8-15)5-6-17-13/h2-7H,8-9,15H2,1H3. The SMILES string of the molecule is CN(Cc1occc1CN)c1cccc(F)c1. The average Bonchev–Trinajstić information content (AvgIpc) is 2.76. The lowest BCUT2D eigenvalue weighted by molar-refractivity contribution is 0.502. The third kappa shape index (κ3) is 2.65. The van der Waals surface area contributed by atoms with Crippen LogP contribution in [0.15, 0.2) is 41.0 Å². The number of rotatable bonds is 4. The van der Waals surface area contributed by atoms with Crippen LogP contribution in [0.2, 0.25) is 0 Å². The minimum absolute atomic E-state index is 0.243. The lowest BCUT2D eigenvalue weighted by Gasteiger charge is -2.18. The van der Waals surface area contributed by atoms with E-state index in [0.29, 0.717) is 13.1 Å². The molecule has 3 nitrogen and oxygen atoms in total. The van der Waals surface area contributed by atoms with E-state index in [9.17, 15) is 4.39 Å². The molecular formula is C13H15FN2O. The van der Waals surface area contributed by atoms with E-state index in [1.54, 1.807) is 12.3 Å². The van der Waals surface area contributed by atoms with Crippen LogP contribution in [0.3, 0.4) is 0 Å². The molecular weight excluding hydrogens is 219 g/mol. The Bertz CT molecular complexity index is 496. The van der Waals surface area contributed by atoms with Crippen LogP contribution in [0.25, 0.3) is 0 Å². The second kappa shape index (κ2) is 5.01. The quantitative estimate of drug-likeness (QED) is 0.883. The molecule has 0 bridgehead atoms. The number of benzene rings is 1. The molecule has 1 aromatic heterocycles. The van der Waals surface area contributed by atoms with E-state index in [4.69, 9.17) is 10.2 Å². The van der Waals surface area contributed by atoms with Crippen LogP contribution in [0, 0.1) is 5.82 Å². The molecule has 4 heteroatoms. The van der Waals surface area contributed by atoms with Crippen molar-refractivity contribution in [1.82, 2.24) is 0 Å². The van der Waals surface area contributed by atoms with E-state index in [0.717, 1.165) is 17.0 Å². The monoisotopic (exact) mass is 234 g/mol. The van der Waals surface area contributed by atoms with Crippen LogP contribution < -0.4 is 10.6 Å². The first-order valence-corrected chi connectivity index (χ1v) is 5.42. The Kier molecular flexibility index (Phi) is 3.44. The number of furan rings is 1. The maximum absolute atomic E-state index is 13.1. The molecule has 0 unspecified atom stereocenters. The number of halogens is 1. The number of nitrogens with zero attached hydrogens (tertiary/aromatic N) is 1. The molecule has 2 N–H and O–H groups in total. The summed E-state index contributed by atoms with van der Waals surface area (Å²) in [7, 11) is 1.89. The lowest BCUT2D eigenvalue weighted by atomic mass is 10.2. The Balaban J connectivity index is 2.14. The first-order valence-electron chi connectivity index (χ1n) is 5.42. The first kappa shape index (κ1) is 11.7. The highest BCUT2D eigenvalue weighted by Gasteiger charge is 2.09. The van der Waals surface area contributed by atoms with Crippen molar-refractivity contribution in [3.8, 4) is 0 Å². The summed E-state index contributed by atoms with van der Waals surface area (Å²) in [4.78, 5) is 1.92. The van der Waals surface area contributed by atoms with Crippen LogP contribution >= 0.6 is 0 Å². The van der Waals surface area contributed by atoms with E-state index in [-0.39, 0.29) is 5.82 Å². The van der Waals surface area contributed by atoms with Gasteiger partial charge in [0.2, 0.25) is 0 Å². The second-order valence-electron chi connectivity index (χ2n) is 3.91. The van der Waals surface area contributed by atoms with Gasteiger partial charge in [0.25, 0.3) is 0 Å². The highest BCUT2D eigenvalue weighted by molar-refractivity contribution is 5.46.